The van der Waals surface area contributed by atoms with Gasteiger partial charge in [-0.05, 0) is 86.6 Å². The maximum atomic E-state index is 6.46. The highest BCUT2D eigenvalue weighted by Gasteiger charge is 2.19. The van der Waals surface area contributed by atoms with Gasteiger partial charge < -0.3 is 9.88 Å². The van der Waals surface area contributed by atoms with Crippen LogP contribution in [0.5, 0.6) is 0 Å². The molecule has 9 heteroatoms. The average molecular weight is 600 g/mol. The Balaban J connectivity index is 1.62. The molecule has 6 rings (SSSR count). The molecule has 2 aliphatic heterocycles. The van der Waals surface area contributed by atoms with Gasteiger partial charge in [0.15, 0.2) is 0 Å². The molecule has 0 radical (unpaired) electrons. The van der Waals surface area contributed by atoms with E-state index in [0.29, 0.717) is 20.1 Å². The van der Waals surface area contributed by atoms with Gasteiger partial charge in [0, 0.05) is 15.5 Å². The molecule has 1 aliphatic carbocycles. The summed E-state index contributed by atoms with van der Waals surface area (Å²) in [5.41, 5.74) is 4.53. The number of aromatic nitrogens is 2. The first-order chi connectivity index (χ1) is 18.5. The van der Waals surface area contributed by atoms with Crippen molar-refractivity contribution in [2.75, 3.05) is 13.1 Å². The number of nitrogens with zero attached hydrogens (tertiary/aromatic N) is 3. The second-order valence-corrected chi connectivity index (χ2v) is 11.9. The number of fused-ring (bicyclic) bond motifs is 2. The number of benzene rings is 4. The van der Waals surface area contributed by atoms with Gasteiger partial charge in [-0.1, -0.05) is 70.3 Å². The largest absolute Gasteiger partial charge is 0.317 e. The molecular formula is C29H22Cl4N4S. The van der Waals surface area contributed by atoms with Crippen molar-refractivity contribution in [2.24, 2.45) is 4.99 Å². The SMILES string of the molecule is Clc1ccc(Sc2cc3nc4ccccc4n(-c4ccc(Cl)c(Cl)c4)c-3cc2=NC2CCNCC2)cc1Cl. The fourth-order valence-electron chi connectivity index (χ4n) is 4.71. The van der Waals surface area contributed by atoms with Crippen LogP contribution in [-0.2, 0) is 0 Å². The molecule has 0 aromatic heterocycles. The molecule has 0 saturated carbocycles. The van der Waals surface area contributed by atoms with Crippen molar-refractivity contribution < 1.29 is 0 Å². The fourth-order valence-corrected chi connectivity index (χ4v) is 6.32. The molecule has 0 atom stereocenters. The normalized spacial score (nSPS) is 15.0. The zero-order chi connectivity index (χ0) is 26.2. The standard InChI is InChI=1S/C29H22Cl4N4S/c30-20-7-5-18(13-22(20)32)37-27-4-2-1-3-24(27)36-25-16-29(38-19-6-8-21(31)23(33)14-19)26(15-28(25)37)35-17-9-11-34-12-10-17/h1-8,13-17,34H,9-12H2. The lowest BCUT2D eigenvalue weighted by molar-refractivity contribution is 0.453. The summed E-state index contributed by atoms with van der Waals surface area (Å²) in [6, 6.07) is 23.9. The quantitative estimate of drug-likeness (QED) is 0.210. The minimum atomic E-state index is 0.244. The minimum absolute atomic E-state index is 0.244. The maximum absolute atomic E-state index is 6.46. The van der Waals surface area contributed by atoms with E-state index in [9.17, 15) is 0 Å². The van der Waals surface area contributed by atoms with E-state index in [1.165, 1.54) is 0 Å². The van der Waals surface area contributed by atoms with Crippen molar-refractivity contribution in [1.82, 2.24) is 14.9 Å². The first-order valence-corrected chi connectivity index (χ1v) is 14.6. The molecule has 1 saturated heterocycles. The highest BCUT2D eigenvalue weighted by molar-refractivity contribution is 7.99. The summed E-state index contributed by atoms with van der Waals surface area (Å²) in [4.78, 5) is 12.3. The molecule has 0 unspecified atom stereocenters. The van der Waals surface area contributed by atoms with E-state index in [0.717, 1.165) is 69.2 Å². The number of para-hydroxylation sites is 2. The van der Waals surface area contributed by atoms with Crippen LogP contribution in [0.15, 0.2) is 87.6 Å². The third kappa shape index (κ3) is 5.29. The van der Waals surface area contributed by atoms with Crippen LogP contribution in [0.25, 0.3) is 28.1 Å². The van der Waals surface area contributed by atoms with Crippen LogP contribution < -0.4 is 10.7 Å². The number of nitrogens with one attached hydrogen (secondary N) is 1. The third-order valence-corrected chi connectivity index (χ3v) is 9.09. The van der Waals surface area contributed by atoms with Crippen molar-refractivity contribution in [2.45, 2.75) is 28.7 Å². The highest BCUT2D eigenvalue weighted by atomic mass is 35.5. The molecule has 38 heavy (non-hydrogen) atoms. The lowest BCUT2D eigenvalue weighted by Crippen LogP contribution is -2.31. The Morgan fingerprint density at radius 2 is 1.55 bits per heavy atom. The van der Waals surface area contributed by atoms with Crippen molar-refractivity contribution in [3.63, 3.8) is 0 Å². The lowest BCUT2D eigenvalue weighted by Gasteiger charge is -2.22. The molecule has 3 aromatic carbocycles. The van der Waals surface area contributed by atoms with E-state index >= 15 is 0 Å². The van der Waals surface area contributed by atoms with Crippen LogP contribution >= 0.6 is 58.2 Å². The second kappa shape index (κ2) is 11.1. The Hall–Kier alpha value is -2.25. The first kappa shape index (κ1) is 26.0. The van der Waals surface area contributed by atoms with Crippen LogP contribution in [0.2, 0.25) is 20.1 Å². The van der Waals surface area contributed by atoms with Gasteiger partial charge in [-0.2, -0.15) is 0 Å². The van der Waals surface area contributed by atoms with Gasteiger partial charge in [0.25, 0.3) is 0 Å². The summed E-state index contributed by atoms with van der Waals surface area (Å²) in [7, 11) is 0. The Morgan fingerprint density at radius 1 is 0.816 bits per heavy atom. The van der Waals surface area contributed by atoms with E-state index < -0.39 is 0 Å². The molecule has 1 fully saturated rings. The van der Waals surface area contributed by atoms with Gasteiger partial charge in [-0.25, -0.2) is 4.98 Å². The molecule has 3 aliphatic rings. The maximum Gasteiger partial charge on any atom is 0.0891 e. The zero-order valence-electron chi connectivity index (χ0n) is 20.1. The van der Waals surface area contributed by atoms with Gasteiger partial charge in [-0.3, -0.25) is 4.99 Å². The van der Waals surface area contributed by atoms with Crippen molar-refractivity contribution in [3.8, 4) is 17.1 Å². The van der Waals surface area contributed by atoms with Crippen LogP contribution in [0.3, 0.4) is 0 Å². The smallest absolute Gasteiger partial charge is 0.0891 e. The van der Waals surface area contributed by atoms with Gasteiger partial charge in [0.05, 0.1) is 53.9 Å². The Bertz CT molecular complexity index is 1690. The number of halogens is 4. The summed E-state index contributed by atoms with van der Waals surface area (Å²) >= 11 is 26.8. The van der Waals surface area contributed by atoms with Crippen LogP contribution in [0.4, 0.5) is 0 Å². The molecule has 0 bridgehead atoms. The highest BCUT2D eigenvalue weighted by Crippen LogP contribution is 2.36. The van der Waals surface area contributed by atoms with Gasteiger partial charge in [0.2, 0.25) is 0 Å². The zero-order valence-corrected chi connectivity index (χ0v) is 23.9. The number of rotatable bonds is 4. The summed E-state index contributed by atoms with van der Waals surface area (Å²) in [5, 5.41) is 6.42. The molecule has 192 valence electrons. The van der Waals surface area contributed by atoms with Gasteiger partial charge in [-0.15, -0.1) is 0 Å². The van der Waals surface area contributed by atoms with E-state index in [-0.39, 0.29) is 6.04 Å². The average Bonchev–Trinajstić information content (AvgIpc) is 2.92. The third-order valence-electron chi connectivity index (χ3n) is 6.57. The Kier molecular flexibility index (Phi) is 7.59. The predicted molar refractivity (Wildman–Crippen MR) is 160 cm³/mol. The molecule has 4 nitrogen and oxygen atoms in total. The topological polar surface area (TPSA) is 42.2 Å². The van der Waals surface area contributed by atoms with Crippen molar-refractivity contribution in [3.05, 3.63) is 98.2 Å². The Morgan fingerprint density at radius 3 is 2.32 bits per heavy atom. The molecular weight excluding hydrogens is 578 g/mol. The van der Waals surface area contributed by atoms with E-state index in [2.05, 4.69) is 28.1 Å². The van der Waals surface area contributed by atoms with Crippen molar-refractivity contribution >= 4 is 69.2 Å². The summed E-state index contributed by atoms with van der Waals surface area (Å²) in [6.45, 7) is 1.93. The lowest BCUT2D eigenvalue weighted by atomic mass is 10.1. The number of hydrogen-bond donors (Lipinski definition) is 1. The minimum Gasteiger partial charge on any atom is -0.317 e. The van der Waals surface area contributed by atoms with Gasteiger partial charge in [0.1, 0.15) is 0 Å². The first-order valence-electron chi connectivity index (χ1n) is 12.2. The molecule has 3 aromatic rings. The van der Waals surface area contributed by atoms with E-state index in [4.69, 9.17) is 56.4 Å². The second-order valence-electron chi connectivity index (χ2n) is 9.13. The molecule has 0 spiro atoms. The summed E-state index contributed by atoms with van der Waals surface area (Å²) in [5.74, 6) is 0. The van der Waals surface area contributed by atoms with Crippen molar-refractivity contribution in [1.29, 1.82) is 0 Å². The Labute approximate surface area is 245 Å². The van der Waals surface area contributed by atoms with Gasteiger partial charge >= 0.3 is 0 Å². The summed E-state index contributed by atoms with van der Waals surface area (Å²) in [6.07, 6.45) is 2.00. The van der Waals surface area contributed by atoms with Crippen LogP contribution in [-0.4, -0.2) is 28.7 Å². The summed E-state index contributed by atoms with van der Waals surface area (Å²) < 4.78 is 2.18. The predicted octanol–water partition coefficient (Wildman–Crippen LogP) is 8.55. The van der Waals surface area contributed by atoms with E-state index in [1.54, 1.807) is 11.8 Å². The van der Waals surface area contributed by atoms with Crippen LogP contribution in [0, 0.1) is 0 Å². The monoisotopic (exact) mass is 598 g/mol. The number of piperidine rings is 1. The fraction of sp³-hybridized carbons (Fsp3) is 0.172. The molecule has 0 amide bonds. The molecule has 2 heterocycles. The number of hydrogen-bond acceptors (Lipinski definition) is 4. The van der Waals surface area contributed by atoms with E-state index in [1.807, 2.05) is 54.6 Å². The van der Waals surface area contributed by atoms with Crippen LogP contribution in [0.1, 0.15) is 12.8 Å². The molecule has 1 N–H and O–H groups in total.